The van der Waals surface area contributed by atoms with Crippen LogP contribution in [0.4, 0.5) is 4.39 Å². The summed E-state index contributed by atoms with van der Waals surface area (Å²) in [5, 5.41) is 7.15. The zero-order chi connectivity index (χ0) is 22.5. The number of hydrogen-bond acceptors (Lipinski definition) is 4. The van der Waals surface area contributed by atoms with E-state index in [2.05, 4.69) is 20.2 Å². The molecule has 0 radical (unpaired) electrons. The van der Waals surface area contributed by atoms with Crippen molar-refractivity contribution in [2.24, 2.45) is 0 Å². The molecule has 0 atom stereocenters. The third-order valence-electron chi connectivity index (χ3n) is 5.97. The first-order valence-electron chi connectivity index (χ1n) is 10.6. The Morgan fingerprint density at radius 1 is 1.27 bits per heavy atom. The maximum atomic E-state index is 15.0. The van der Waals surface area contributed by atoms with Crippen LogP contribution in [-0.4, -0.2) is 39.8 Å². The van der Waals surface area contributed by atoms with Gasteiger partial charge in [-0.2, -0.15) is 9.49 Å². The number of aromatic nitrogens is 6. The minimum atomic E-state index is -0.281. The predicted molar refractivity (Wildman–Crippen MR) is 119 cm³/mol. The number of amides is 1. The maximum absolute atomic E-state index is 15.0. The SMILES string of the molecule is O=C(c1cn[nH]c1)N(Cc1cn2c(F)c(C3CC3)ccc2n1)Cc1ncn2ccc(Cl)cc12. The van der Waals surface area contributed by atoms with Crippen molar-refractivity contribution < 1.29 is 9.18 Å². The highest BCUT2D eigenvalue weighted by Crippen LogP contribution is 2.41. The molecule has 6 rings (SSSR count). The van der Waals surface area contributed by atoms with Crippen molar-refractivity contribution in [3.8, 4) is 0 Å². The van der Waals surface area contributed by atoms with Crippen molar-refractivity contribution in [3.05, 3.63) is 88.9 Å². The molecule has 5 aromatic heterocycles. The van der Waals surface area contributed by atoms with Gasteiger partial charge < -0.3 is 9.30 Å². The Morgan fingerprint density at radius 2 is 2.15 bits per heavy atom. The maximum Gasteiger partial charge on any atom is 0.257 e. The van der Waals surface area contributed by atoms with E-state index in [1.807, 2.05) is 28.8 Å². The van der Waals surface area contributed by atoms with Gasteiger partial charge in [0.2, 0.25) is 5.95 Å². The summed E-state index contributed by atoms with van der Waals surface area (Å²) in [4.78, 5) is 23.9. The van der Waals surface area contributed by atoms with Crippen molar-refractivity contribution in [1.29, 1.82) is 0 Å². The first kappa shape index (κ1) is 19.9. The smallest absolute Gasteiger partial charge is 0.257 e. The molecule has 0 bridgehead atoms. The molecule has 1 saturated carbocycles. The summed E-state index contributed by atoms with van der Waals surface area (Å²) in [6, 6.07) is 7.22. The van der Waals surface area contributed by atoms with Crippen LogP contribution < -0.4 is 0 Å². The molecule has 8 nitrogen and oxygen atoms in total. The molecule has 166 valence electrons. The van der Waals surface area contributed by atoms with Gasteiger partial charge in [0.25, 0.3) is 5.91 Å². The summed E-state index contributed by atoms with van der Waals surface area (Å²) in [6.07, 6.45) is 10.2. The number of H-pyrrole nitrogens is 1. The quantitative estimate of drug-likeness (QED) is 0.382. The fourth-order valence-corrected chi connectivity index (χ4v) is 4.29. The van der Waals surface area contributed by atoms with Crippen LogP contribution in [0.3, 0.4) is 0 Å². The minimum absolute atomic E-state index is 0.184. The lowest BCUT2D eigenvalue weighted by molar-refractivity contribution is 0.0727. The van der Waals surface area contributed by atoms with E-state index in [9.17, 15) is 4.79 Å². The summed E-state index contributed by atoms with van der Waals surface area (Å²) < 4.78 is 18.3. The van der Waals surface area contributed by atoms with E-state index in [4.69, 9.17) is 11.6 Å². The number of imidazole rings is 2. The number of halogens is 2. The summed E-state index contributed by atoms with van der Waals surface area (Å²) in [6.45, 7) is 0.411. The van der Waals surface area contributed by atoms with Crippen LogP contribution in [0.25, 0.3) is 11.2 Å². The average molecular weight is 464 g/mol. The Morgan fingerprint density at radius 3 is 2.94 bits per heavy atom. The van der Waals surface area contributed by atoms with Gasteiger partial charge in [-0.15, -0.1) is 0 Å². The molecule has 5 aromatic rings. The van der Waals surface area contributed by atoms with Gasteiger partial charge in [0.1, 0.15) is 5.65 Å². The summed E-state index contributed by atoms with van der Waals surface area (Å²) in [5.74, 6) is -0.222. The first-order valence-corrected chi connectivity index (χ1v) is 11.0. The van der Waals surface area contributed by atoms with Gasteiger partial charge in [0.05, 0.1) is 48.1 Å². The van der Waals surface area contributed by atoms with Gasteiger partial charge in [0.15, 0.2) is 0 Å². The molecule has 0 unspecified atom stereocenters. The molecule has 1 N–H and O–H groups in total. The lowest BCUT2D eigenvalue weighted by Gasteiger charge is -2.20. The standard InChI is InChI=1S/C23H19ClFN7O/c24-16-5-6-30-13-26-19(20(30)7-16)12-31(23(33)15-8-27-28-9-15)10-17-11-32-21(29-17)4-3-18(22(32)25)14-1-2-14/h3-9,11,13-14H,1-2,10,12H2,(H,27,28). The molecular formula is C23H19ClFN7O. The van der Waals surface area contributed by atoms with Crippen molar-refractivity contribution in [3.63, 3.8) is 0 Å². The number of fused-ring (bicyclic) bond motifs is 2. The molecule has 0 aromatic carbocycles. The van der Waals surface area contributed by atoms with E-state index in [-0.39, 0.29) is 24.9 Å². The van der Waals surface area contributed by atoms with E-state index >= 15 is 4.39 Å². The highest BCUT2D eigenvalue weighted by atomic mass is 35.5. The Labute approximate surface area is 192 Å². The summed E-state index contributed by atoms with van der Waals surface area (Å²) in [7, 11) is 0. The zero-order valence-electron chi connectivity index (χ0n) is 17.4. The molecule has 5 heterocycles. The number of rotatable bonds is 6. The number of carbonyl (C=O) groups excluding carboxylic acids is 1. The van der Waals surface area contributed by atoms with Crippen LogP contribution in [0, 0.1) is 5.95 Å². The van der Waals surface area contributed by atoms with E-state index in [0.717, 1.165) is 23.9 Å². The molecule has 0 saturated heterocycles. The predicted octanol–water partition coefficient (Wildman–Crippen LogP) is 4.22. The Hall–Kier alpha value is -3.72. The lowest BCUT2D eigenvalue weighted by atomic mass is 10.2. The Kier molecular flexibility index (Phi) is 4.65. The van der Waals surface area contributed by atoms with E-state index in [1.165, 1.54) is 10.6 Å². The summed E-state index contributed by atoms with van der Waals surface area (Å²) >= 11 is 6.17. The van der Waals surface area contributed by atoms with Gasteiger partial charge in [-0.1, -0.05) is 17.7 Å². The molecular weight excluding hydrogens is 445 g/mol. The van der Waals surface area contributed by atoms with Gasteiger partial charge in [0, 0.05) is 29.2 Å². The average Bonchev–Trinajstić information content (AvgIpc) is 3.20. The first-order chi connectivity index (χ1) is 16.1. The van der Waals surface area contributed by atoms with E-state index in [1.54, 1.807) is 29.7 Å². The number of aromatic amines is 1. The van der Waals surface area contributed by atoms with Crippen molar-refractivity contribution >= 4 is 28.7 Å². The molecule has 1 aliphatic carbocycles. The minimum Gasteiger partial charge on any atom is -0.327 e. The fourth-order valence-electron chi connectivity index (χ4n) is 4.13. The van der Waals surface area contributed by atoms with Crippen LogP contribution in [-0.2, 0) is 13.1 Å². The number of hydrogen-bond donors (Lipinski definition) is 1. The van der Waals surface area contributed by atoms with Crippen molar-refractivity contribution in [1.82, 2.24) is 33.9 Å². The van der Waals surface area contributed by atoms with Crippen LogP contribution in [0.1, 0.15) is 46.1 Å². The fraction of sp³-hybridized carbons (Fsp3) is 0.217. The molecule has 33 heavy (non-hydrogen) atoms. The molecule has 1 fully saturated rings. The number of nitrogens with zero attached hydrogens (tertiary/aromatic N) is 6. The largest absolute Gasteiger partial charge is 0.327 e. The number of carbonyl (C=O) groups is 1. The highest BCUT2D eigenvalue weighted by molar-refractivity contribution is 6.30. The summed E-state index contributed by atoms with van der Waals surface area (Å²) in [5.41, 5.74) is 3.74. The molecule has 0 aliphatic heterocycles. The molecule has 10 heteroatoms. The number of pyridine rings is 2. The Bertz CT molecular complexity index is 1490. The third kappa shape index (κ3) is 3.64. The van der Waals surface area contributed by atoms with Crippen molar-refractivity contribution in [2.75, 3.05) is 0 Å². The van der Waals surface area contributed by atoms with Crippen molar-refractivity contribution in [2.45, 2.75) is 31.8 Å². The van der Waals surface area contributed by atoms with Crippen LogP contribution in [0.2, 0.25) is 5.02 Å². The monoisotopic (exact) mass is 463 g/mol. The van der Waals surface area contributed by atoms with Crippen LogP contribution >= 0.6 is 11.6 Å². The van der Waals surface area contributed by atoms with E-state index in [0.29, 0.717) is 33.5 Å². The topological polar surface area (TPSA) is 83.6 Å². The van der Waals surface area contributed by atoms with E-state index < -0.39 is 0 Å². The van der Waals surface area contributed by atoms with Gasteiger partial charge in [-0.3, -0.25) is 14.3 Å². The van der Waals surface area contributed by atoms with Crippen LogP contribution in [0.15, 0.2) is 55.4 Å². The van der Waals surface area contributed by atoms with Crippen LogP contribution in [0.5, 0.6) is 0 Å². The van der Waals surface area contributed by atoms with Gasteiger partial charge in [-0.05, 0) is 37.0 Å². The normalized spacial score (nSPS) is 13.8. The lowest BCUT2D eigenvalue weighted by Crippen LogP contribution is -2.30. The highest BCUT2D eigenvalue weighted by Gasteiger charge is 2.28. The zero-order valence-corrected chi connectivity index (χ0v) is 18.2. The third-order valence-corrected chi connectivity index (χ3v) is 6.20. The second-order valence-electron chi connectivity index (χ2n) is 8.29. The van der Waals surface area contributed by atoms with Gasteiger partial charge >= 0.3 is 0 Å². The molecule has 1 amide bonds. The second-order valence-corrected chi connectivity index (χ2v) is 8.73. The second kappa shape index (κ2) is 7.70. The Balaban J connectivity index is 1.36. The molecule has 0 spiro atoms. The number of nitrogens with one attached hydrogen (secondary N) is 1. The van der Waals surface area contributed by atoms with Gasteiger partial charge in [-0.25, -0.2) is 9.97 Å². The molecule has 1 aliphatic rings.